The molecule has 12 heteroatoms. The molecule has 132 heavy (non-hydrogen) atoms. The van der Waals surface area contributed by atoms with Crippen LogP contribution in [0.5, 0.6) is 0 Å². The number of aromatic nitrogens is 12. The van der Waals surface area contributed by atoms with E-state index in [1.54, 1.807) is 0 Å². The predicted molar refractivity (Wildman–Crippen MR) is 545 cm³/mol. The number of pyridine rings is 3. The summed E-state index contributed by atoms with van der Waals surface area (Å²) in [6.07, 6.45) is 9.99. The molecule has 0 aliphatic carbocycles. The van der Waals surface area contributed by atoms with Crippen molar-refractivity contribution in [3.63, 3.8) is 0 Å². The Labute approximate surface area is 758 Å². The van der Waals surface area contributed by atoms with Gasteiger partial charge in [-0.3, -0.25) is 19.5 Å². The van der Waals surface area contributed by atoms with E-state index in [9.17, 15) is 0 Å². The molecule has 0 aliphatic heterocycles. The molecule has 10 aromatic heterocycles. The maximum atomic E-state index is 5.13. The fourth-order valence-corrected chi connectivity index (χ4v) is 20.3. The van der Waals surface area contributed by atoms with Gasteiger partial charge in [0.15, 0.2) is 11.6 Å². The number of benzene rings is 17. The second-order valence-electron chi connectivity index (χ2n) is 33.2. The maximum Gasteiger partial charge on any atom is 0.238 e. The van der Waals surface area contributed by atoms with Crippen molar-refractivity contribution in [1.29, 1.82) is 0 Å². The van der Waals surface area contributed by atoms with Crippen LogP contribution in [0, 0.1) is 0 Å². The van der Waals surface area contributed by atoms with Gasteiger partial charge in [-0.15, -0.1) is 0 Å². The third kappa shape index (κ3) is 12.7. The van der Waals surface area contributed by atoms with E-state index in [-0.39, 0.29) is 0 Å². The van der Waals surface area contributed by atoms with Crippen molar-refractivity contribution in [1.82, 2.24) is 57.3 Å². The minimum Gasteiger partial charge on any atom is -0.309 e. The molecule has 17 aromatic carbocycles. The number of hydrogen-bond acceptors (Lipinski definition) is 6. The summed E-state index contributed by atoms with van der Waals surface area (Å²) in [7, 11) is 0. The Hall–Kier alpha value is -18.0. The fraction of sp³-hybridized carbons (Fsp3) is 0. The largest absolute Gasteiger partial charge is 0.309 e. The van der Waals surface area contributed by atoms with Gasteiger partial charge >= 0.3 is 0 Å². The highest BCUT2D eigenvalue weighted by atomic mass is 15.2. The minimum absolute atomic E-state index is 0.568. The van der Waals surface area contributed by atoms with E-state index in [4.69, 9.17) is 29.9 Å². The van der Waals surface area contributed by atoms with Gasteiger partial charge in [0.05, 0.1) is 84.3 Å². The van der Waals surface area contributed by atoms with Gasteiger partial charge in [0.2, 0.25) is 5.95 Å². The molecule has 618 valence electrons. The highest BCUT2D eigenvalue weighted by Crippen LogP contribution is 2.49. The van der Waals surface area contributed by atoms with Gasteiger partial charge in [-0.2, -0.15) is 9.97 Å². The lowest BCUT2D eigenvalue weighted by Gasteiger charge is -2.11. The van der Waals surface area contributed by atoms with E-state index in [1.165, 1.54) is 104 Å². The second-order valence-corrected chi connectivity index (χ2v) is 33.2. The first kappa shape index (κ1) is 76.4. The summed E-state index contributed by atoms with van der Waals surface area (Å²) in [6, 6.07) is 156. The molecule has 0 saturated heterocycles. The lowest BCUT2D eigenvalue weighted by molar-refractivity contribution is 0.953. The predicted octanol–water partition coefficient (Wildman–Crippen LogP) is 30.0. The summed E-state index contributed by atoms with van der Waals surface area (Å²) < 4.78 is 13.9. The molecule has 10 heterocycles. The number of fused-ring (bicyclic) bond motifs is 18. The summed E-state index contributed by atoms with van der Waals surface area (Å²) in [5.74, 6) is 1.82. The summed E-state index contributed by atoms with van der Waals surface area (Å²) >= 11 is 0. The zero-order valence-electron chi connectivity index (χ0n) is 71.4. The molecule has 0 N–H and O–H groups in total. The Bertz CT molecular complexity index is 8900. The molecule has 27 rings (SSSR count). The fourth-order valence-electron chi connectivity index (χ4n) is 20.3. The van der Waals surface area contributed by atoms with Crippen LogP contribution in [0.25, 0.3) is 233 Å². The lowest BCUT2D eigenvalue weighted by atomic mass is 9.97. The Balaban J connectivity index is 0.000000107. The standard InChI is InChI=1S/C44H28N6.C41H27N3.C35H23N3/c1-4-15-29(16-5-1)42-46-43(30-17-6-2-7-18-30)48-44(47-42)50-37-25-13-11-22-34(37)40-32(23-14-26-38(40)50)35-27-45-28-39-41(35)33-21-10-12-24-36(33)49(39)31-19-8-3-9-20-31;1-3-12-28(13-4-1)29-22-24-31(25-23-29)43-36-19-9-7-16-33(36)40-32(18-11-21-38(40)43)35-26-42-27-39-41(35)34-17-8-10-20-37(34)44(39)30-14-5-2-6-15-30;1-3-12-24(13-4-1)37-29-19-9-7-16-26(29)33-28(18-11-21-31(33)37)35-34-27-17-8-10-20-30(27)38(32(34)22-23-36-35)25-14-5-2-6-15-25/h1-28H;1-27H;1-23H. The number of hydrogen-bond donors (Lipinski definition) is 0. The molecule has 0 radical (unpaired) electrons. The Kier molecular flexibility index (Phi) is 18.6. The summed E-state index contributed by atoms with van der Waals surface area (Å²) in [4.78, 5) is 29.9. The molecule has 0 spiro atoms. The number of para-hydroxylation sites is 10. The van der Waals surface area contributed by atoms with Crippen LogP contribution in [0.1, 0.15) is 0 Å². The van der Waals surface area contributed by atoms with Crippen LogP contribution in [0.3, 0.4) is 0 Å². The van der Waals surface area contributed by atoms with E-state index < -0.39 is 0 Å². The van der Waals surface area contributed by atoms with Crippen LogP contribution < -0.4 is 0 Å². The Morgan fingerprint density at radius 2 is 0.424 bits per heavy atom. The first-order valence-corrected chi connectivity index (χ1v) is 44.6. The summed E-state index contributed by atoms with van der Waals surface area (Å²) in [5, 5.41) is 14.3. The minimum atomic E-state index is 0.568. The van der Waals surface area contributed by atoms with Crippen molar-refractivity contribution in [2.24, 2.45) is 0 Å². The SMILES string of the molecule is c1ccc(-c2ccc(-n3c4ccccc4c4c(-c5cncc6c5c5ccccc5n6-c5ccccc5)cccc43)cc2)cc1.c1ccc(-c2nc(-c3ccccc3)nc(-n3c4ccccc4c4c(-c5cncc6c5c5ccccc5n6-c5ccccc5)cccc43)n2)cc1.c1ccc(-n2c3ccccc3c3c(-c4nccc5c4c4ccccc4n5-c4ccccc4)cccc32)cc1. The van der Waals surface area contributed by atoms with E-state index in [1.807, 2.05) is 91.6 Å². The van der Waals surface area contributed by atoms with Gasteiger partial charge in [0, 0.05) is 139 Å². The van der Waals surface area contributed by atoms with Crippen LogP contribution in [0.15, 0.2) is 474 Å². The van der Waals surface area contributed by atoms with Crippen molar-refractivity contribution >= 4 is 131 Å². The van der Waals surface area contributed by atoms with Gasteiger partial charge in [-0.05, 0) is 144 Å². The molecule has 0 fully saturated rings. The van der Waals surface area contributed by atoms with Crippen molar-refractivity contribution in [3.8, 4) is 102 Å². The van der Waals surface area contributed by atoms with Crippen molar-refractivity contribution in [2.45, 2.75) is 0 Å². The topological polar surface area (TPSA) is 107 Å². The van der Waals surface area contributed by atoms with E-state index in [2.05, 4.69) is 410 Å². The van der Waals surface area contributed by atoms with Crippen LogP contribution in [0.2, 0.25) is 0 Å². The van der Waals surface area contributed by atoms with E-state index >= 15 is 0 Å². The zero-order chi connectivity index (χ0) is 87.1. The van der Waals surface area contributed by atoms with Crippen LogP contribution in [-0.2, 0) is 0 Å². The summed E-state index contributed by atoms with van der Waals surface area (Å²) in [5.41, 5.74) is 30.2. The Morgan fingerprint density at radius 1 is 0.159 bits per heavy atom. The maximum absolute atomic E-state index is 5.13. The molecule has 0 atom stereocenters. The smallest absolute Gasteiger partial charge is 0.238 e. The molecule has 12 nitrogen and oxygen atoms in total. The second kappa shape index (κ2) is 32.1. The molecule has 0 bridgehead atoms. The average Bonchev–Trinajstić information content (AvgIpc) is 1.57. The monoisotopic (exact) mass is 1690 g/mol. The lowest BCUT2D eigenvalue weighted by Crippen LogP contribution is -2.06. The highest BCUT2D eigenvalue weighted by molar-refractivity contribution is 6.25. The third-order valence-corrected chi connectivity index (χ3v) is 25.9. The molecule has 27 aromatic rings. The molecule has 0 saturated carbocycles. The van der Waals surface area contributed by atoms with Gasteiger partial charge in [0.1, 0.15) is 0 Å². The molecular weight excluding hydrogens is 1610 g/mol. The first-order valence-electron chi connectivity index (χ1n) is 44.6. The van der Waals surface area contributed by atoms with Gasteiger partial charge in [0.25, 0.3) is 0 Å². The normalized spacial score (nSPS) is 11.6. The average molecular weight is 1690 g/mol. The number of rotatable bonds is 12. The van der Waals surface area contributed by atoms with Gasteiger partial charge < -0.3 is 22.8 Å². The van der Waals surface area contributed by atoms with Gasteiger partial charge in [-0.25, -0.2) is 4.98 Å². The van der Waals surface area contributed by atoms with Crippen molar-refractivity contribution < 1.29 is 0 Å². The molecular formula is C120H78N12. The van der Waals surface area contributed by atoms with Crippen molar-refractivity contribution in [3.05, 3.63) is 474 Å². The number of nitrogens with zero attached hydrogens (tertiary/aromatic N) is 12. The van der Waals surface area contributed by atoms with Crippen LogP contribution in [-0.4, -0.2) is 57.3 Å². The highest BCUT2D eigenvalue weighted by Gasteiger charge is 2.28. The van der Waals surface area contributed by atoms with Crippen LogP contribution in [0.4, 0.5) is 0 Å². The van der Waals surface area contributed by atoms with Crippen molar-refractivity contribution in [2.75, 3.05) is 0 Å². The quantitative estimate of drug-likeness (QED) is 0.121. The first-order chi connectivity index (χ1) is 65.6. The van der Waals surface area contributed by atoms with Gasteiger partial charge in [-0.1, -0.05) is 322 Å². The summed E-state index contributed by atoms with van der Waals surface area (Å²) in [6.45, 7) is 0. The molecule has 0 unspecified atom stereocenters. The molecule has 0 amide bonds. The third-order valence-electron chi connectivity index (χ3n) is 25.9. The van der Waals surface area contributed by atoms with E-state index in [0.717, 1.165) is 111 Å². The van der Waals surface area contributed by atoms with Crippen LogP contribution >= 0.6 is 0 Å². The van der Waals surface area contributed by atoms with E-state index in [0.29, 0.717) is 17.6 Å². The Morgan fingerprint density at radius 3 is 0.803 bits per heavy atom. The zero-order valence-corrected chi connectivity index (χ0v) is 71.4. The molecule has 0 aliphatic rings.